The Morgan fingerprint density at radius 3 is 2.64 bits per heavy atom. The second kappa shape index (κ2) is 7.72. The average Bonchev–Trinajstić information content (AvgIpc) is 2.58. The van der Waals surface area contributed by atoms with Gasteiger partial charge in [0.05, 0.1) is 12.8 Å². The maximum atomic E-state index is 14.4. The highest BCUT2D eigenvalue weighted by Gasteiger charge is 2.22. The molecule has 134 valence electrons. The van der Waals surface area contributed by atoms with Crippen molar-refractivity contribution < 1.29 is 13.9 Å². The van der Waals surface area contributed by atoms with Gasteiger partial charge in [0.25, 0.3) is 5.56 Å². The fraction of sp³-hybridized carbons (Fsp3) is 0.312. The average molecular weight is 408 g/mol. The highest BCUT2D eigenvalue weighted by atomic mass is 35.5. The first-order valence-corrected chi connectivity index (χ1v) is 8.29. The second-order valence-corrected chi connectivity index (χ2v) is 6.62. The fourth-order valence-corrected chi connectivity index (χ4v) is 2.95. The van der Waals surface area contributed by atoms with Crippen molar-refractivity contribution in [3.8, 4) is 11.3 Å². The number of aromatic nitrogens is 2. The molecule has 9 heteroatoms. The minimum Gasteiger partial charge on any atom is -0.468 e. The number of methoxy groups -OCH3 is 1. The number of benzene rings is 1. The Kier molecular flexibility index (Phi) is 6.08. The number of carbonyl (C=O) groups is 1. The van der Waals surface area contributed by atoms with Crippen LogP contribution in [-0.4, -0.2) is 28.0 Å². The van der Waals surface area contributed by atoms with Crippen molar-refractivity contribution in [1.29, 1.82) is 0 Å². The molecule has 0 N–H and O–H groups in total. The van der Waals surface area contributed by atoms with Gasteiger partial charge in [-0.1, -0.05) is 23.2 Å². The molecule has 25 heavy (non-hydrogen) atoms. The van der Waals surface area contributed by atoms with Crippen molar-refractivity contribution in [3.63, 3.8) is 0 Å². The van der Waals surface area contributed by atoms with Crippen LogP contribution in [0.25, 0.3) is 11.3 Å². The van der Waals surface area contributed by atoms with E-state index in [9.17, 15) is 14.0 Å². The lowest BCUT2D eigenvalue weighted by Crippen LogP contribution is -2.22. The summed E-state index contributed by atoms with van der Waals surface area (Å²) in [7, 11) is 2.72. The Balaban J connectivity index is 2.59. The van der Waals surface area contributed by atoms with Crippen LogP contribution in [-0.2, 0) is 23.0 Å². The van der Waals surface area contributed by atoms with Crippen LogP contribution in [0.3, 0.4) is 0 Å². The fourth-order valence-electron chi connectivity index (χ4n) is 2.20. The molecule has 1 atom stereocenters. The molecular weight excluding hydrogens is 394 g/mol. The minimum atomic E-state index is -0.991. The predicted molar refractivity (Wildman–Crippen MR) is 95.0 cm³/mol. The summed E-state index contributed by atoms with van der Waals surface area (Å²) >= 11 is 18.0. The highest BCUT2D eigenvalue weighted by Crippen LogP contribution is 2.31. The van der Waals surface area contributed by atoms with Crippen LogP contribution in [0.5, 0.6) is 0 Å². The van der Waals surface area contributed by atoms with Crippen molar-refractivity contribution in [2.75, 3.05) is 7.11 Å². The number of rotatable bonds is 4. The highest BCUT2D eigenvalue weighted by molar-refractivity contribution is 6.33. The molecule has 2 rings (SSSR count). The minimum absolute atomic E-state index is 0.000988. The Labute approximate surface area is 158 Å². The van der Waals surface area contributed by atoms with Crippen LogP contribution in [0.1, 0.15) is 11.4 Å². The molecule has 1 aromatic heterocycles. The van der Waals surface area contributed by atoms with Gasteiger partial charge in [-0.25, -0.2) is 9.37 Å². The van der Waals surface area contributed by atoms with Crippen molar-refractivity contribution >= 4 is 40.8 Å². The molecule has 0 amide bonds. The number of halogens is 4. The Morgan fingerprint density at radius 1 is 1.40 bits per heavy atom. The van der Waals surface area contributed by atoms with Crippen LogP contribution < -0.4 is 5.56 Å². The number of alkyl halides is 1. The summed E-state index contributed by atoms with van der Waals surface area (Å²) in [6, 6.07) is 2.45. The van der Waals surface area contributed by atoms with Gasteiger partial charge in [0, 0.05) is 24.1 Å². The predicted octanol–water partition coefficient (Wildman–Crippen LogP) is 3.52. The summed E-state index contributed by atoms with van der Waals surface area (Å²) in [4.78, 5) is 27.8. The molecule has 5 nitrogen and oxygen atoms in total. The lowest BCUT2D eigenvalue weighted by molar-refractivity contribution is -0.140. The topological polar surface area (TPSA) is 61.2 Å². The van der Waals surface area contributed by atoms with Crippen molar-refractivity contribution in [3.05, 3.63) is 49.7 Å². The summed E-state index contributed by atoms with van der Waals surface area (Å²) in [6.07, 6.45) is 0.0157. The molecule has 0 aliphatic carbocycles. The third-order valence-corrected chi connectivity index (χ3v) is 4.73. The van der Waals surface area contributed by atoms with Crippen LogP contribution in [0.15, 0.2) is 16.9 Å². The molecule has 0 aliphatic rings. The number of hydrogen-bond donors (Lipinski definition) is 0. The first kappa shape index (κ1) is 19.7. The van der Waals surface area contributed by atoms with Crippen LogP contribution in [0, 0.1) is 12.7 Å². The van der Waals surface area contributed by atoms with E-state index in [0.717, 1.165) is 6.07 Å². The molecule has 1 heterocycles. The van der Waals surface area contributed by atoms with E-state index < -0.39 is 22.7 Å². The van der Waals surface area contributed by atoms with E-state index in [4.69, 9.17) is 34.8 Å². The van der Waals surface area contributed by atoms with Crippen molar-refractivity contribution in [1.82, 2.24) is 9.55 Å². The number of aryl methyl sites for hydroxylation is 1. The van der Waals surface area contributed by atoms with Crippen LogP contribution in [0.4, 0.5) is 4.39 Å². The molecule has 1 aromatic carbocycles. The zero-order valence-electron chi connectivity index (χ0n) is 13.6. The summed E-state index contributed by atoms with van der Waals surface area (Å²) in [5.41, 5.74) is -0.0923. The van der Waals surface area contributed by atoms with Gasteiger partial charge >= 0.3 is 5.97 Å². The maximum absolute atomic E-state index is 14.4. The Hall–Kier alpha value is -1.63. The summed E-state index contributed by atoms with van der Waals surface area (Å²) in [6.45, 7) is 1.60. The largest absolute Gasteiger partial charge is 0.468 e. The molecule has 0 fully saturated rings. The van der Waals surface area contributed by atoms with Gasteiger partial charge in [-0.05, 0) is 24.6 Å². The Morgan fingerprint density at radius 2 is 2.04 bits per heavy atom. The van der Waals surface area contributed by atoms with E-state index in [-0.39, 0.29) is 27.7 Å². The first-order chi connectivity index (χ1) is 11.7. The van der Waals surface area contributed by atoms with Crippen molar-refractivity contribution in [2.45, 2.75) is 18.7 Å². The van der Waals surface area contributed by atoms with Gasteiger partial charge < -0.3 is 4.74 Å². The normalized spacial score (nSPS) is 12.1. The van der Waals surface area contributed by atoms with Crippen molar-refractivity contribution in [2.24, 2.45) is 7.05 Å². The number of nitrogens with zero attached hydrogens (tertiary/aromatic N) is 2. The SMILES string of the molecule is COC(=O)C(Cl)Cc1cc(-c2nc(C)n(C)c(=O)c2Cl)c(F)cc1Cl. The Bertz CT molecular complexity index is 899. The molecule has 1 unspecified atom stereocenters. The lowest BCUT2D eigenvalue weighted by Gasteiger charge is -2.13. The molecule has 0 bridgehead atoms. The smallest absolute Gasteiger partial charge is 0.324 e. The molecule has 0 radical (unpaired) electrons. The van der Waals surface area contributed by atoms with Gasteiger partial charge in [-0.15, -0.1) is 11.6 Å². The second-order valence-electron chi connectivity index (χ2n) is 5.30. The number of ether oxygens (including phenoxy) is 1. The van der Waals surface area contributed by atoms with E-state index in [1.54, 1.807) is 6.92 Å². The lowest BCUT2D eigenvalue weighted by atomic mass is 10.0. The van der Waals surface area contributed by atoms with E-state index in [0.29, 0.717) is 11.4 Å². The van der Waals surface area contributed by atoms with Gasteiger partial charge in [0.1, 0.15) is 22.0 Å². The number of esters is 1. The molecule has 0 saturated heterocycles. The molecule has 0 spiro atoms. The third-order valence-electron chi connectivity index (χ3n) is 3.71. The van der Waals surface area contributed by atoms with E-state index in [1.165, 1.54) is 24.8 Å². The molecule has 2 aromatic rings. The summed E-state index contributed by atoms with van der Waals surface area (Å²) in [5, 5.41) is -1.11. The molecular formula is C16H14Cl3FN2O3. The quantitative estimate of drug-likeness (QED) is 0.575. The van der Waals surface area contributed by atoms with E-state index in [1.807, 2.05) is 0 Å². The monoisotopic (exact) mass is 406 g/mol. The van der Waals surface area contributed by atoms with Crippen LogP contribution >= 0.6 is 34.8 Å². The summed E-state index contributed by atoms with van der Waals surface area (Å²) in [5.74, 6) is -0.964. The standard InChI is InChI=1S/C16H14Cl3FN2O3/c1-7-21-14(13(19)15(23)22(7)2)9-4-8(10(17)6-12(9)20)5-11(18)16(24)25-3/h4,6,11H,5H2,1-3H3. The van der Waals surface area contributed by atoms with E-state index >= 15 is 0 Å². The number of carbonyl (C=O) groups excluding carboxylic acids is 1. The van der Waals surface area contributed by atoms with Gasteiger partial charge in [-0.2, -0.15) is 0 Å². The zero-order chi connectivity index (χ0) is 18.9. The maximum Gasteiger partial charge on any atom is 0.324 e. The summed E-state index contributed by atoms with van der Waals surface area (Å²) < 4.78 is 20.2. The number of hydrogen-bond acceptors (Lipinski definition) is 4. The molecule has 0 saturated carbocycles. The third kappa shape index (κ3) is 3.97. The molecule has 0 aliphatic heterocycles. The van der Waals surface area contributed by atoms with Gasteiger partial charge in [0.2, 0.25) is 0 Å². The zero-order valence-corrected chi connectivity index (χ0v) is 15.8. The first-order valence-electron chi connectivity index (χ1n) is 7.10. The van der Waals surface area contributed by atoms with Gasteiger partial charge in [0.15, 0.2) is 0 Å². The van der Waals surface area contributed by atoms with E-state index in [2.05, 4.69) is 9.72 Å². The van der Waals surface area contributed by atoms with Gasteiger partial charge in [-0.3, -0.25) is 14.2 Å². The van der Waals surface area contributed by atoms with Crippen LogP contribution in [0.2, 0.25) is 10.0 Å².